The number of hydrogen-bond acceptors (Lipinski definition) is 6. The Morgan fingerprint density at radius 3 is 2.91 bits per heavy atom. The molecule has 23 heavy (non-hydrogen) atoms. The van der Waals surface area contributed by atoms with Crippen molar-refractivity contribution in [3.63, 3.8) is 0 Å². The van der Waals surface area contributed by atoms with Crippen LogP contribution in [0.1, 0.15) is 17.0 Å². The van der Waals surface area contributed by atoms with Gasteiger partial charge in [-0.05, 0) is 19.1 Å². The van der Waals surface area contributed by atoms with Gasteiger partial charge in [0, 0.05) is 23.2 Å². The van der Waals surface area contributed by atoms with Crippen LogP contribution in [0.5, 0.6) is 11.5 Å². The lowest BCUT2D eigenvalue weighted by molar-refractivity contribution is 0.280. The summed E-state index contributed by atoms with van der Waals surface area (Å²) in [6, 6.07) is 8.41. The summed E-state index contributed by atoms with van der Waals surface area (Å²) in [5, 5.41) is 10.8. The third kappa shape index (κ3) is 2.89. The van der Waals surface area contributed by atoms with E-state index in [1.807, 2.05) is 18.4 Å². The monoisotopic (exact) mass is 327 g/mol. The molecule has 0 fully saturated rings. The Balaban J connectivity index is 1.86. The predicted octanol–water partition coefficient (Wildman–Crippen LogP) is 2.52. The number of aromatic nitrogens is 2. The summed E-state index contributed by atoms with van der Waals surface area (Å²) < 4.78 is 12.5. The Hall–Kier alpha value is -2.85. The highest BCUT2D eigenvalue weighted by atomic mass is 32.1. The van der Waals surface area contributed by atoms with Crippen LogP contribution in [0.4, 0.5) is 0 Å². The highest BCUT2D eigenvalue weighted by Gasteiger charge is 2.09. The quantitative estimate of drug-likeness (QED) is 0.736. The Kier molecular flexibility index (Phi) is 4.00. The van der Waals surface area contributed by atoms with Crippen LogP contribution in [0.3, 0.4) is 0 Å². The molecule has 0 radical (unpaired) electrons. The van der Waals surface area contributed by atoms with Crippen LogP contribution in [0.2, 0.25) is 0 Å². The number of hydrogen-bond donors (Lipinski definition) is 0. The number of thiazole rings is 1. The molecule has 0 saturated carbocycles. The highest BCUT2D eigenvalue weighted by molar-refractivity contribution is 7.15. The van der Waals surface area contributed by atoms with E-state index in [-0.39, 0.29) is 12.2 Å². The van der Waals surface area contributed by atoms with E-state index >= 15 is 0 Å². The molecule has 7 heteroatoms. The highest BCUT2D eigenvalue weighted by Crippen LogP contribution is 2.28. The van der Waals surface area contributed by atoms with Crippen LogP contribution in [-0.4, -0.2) is 16.5 Å². The van der Waals surface area contributed by atoms with Gasteiger partial charge in [0.25, 0.3) is 5.56 Å². The molecule has 0 N–H and O–H groups in total. The maximum absolute atomic E-state index is 12.1. The van der Waals surface area contributed by atoms with E-state index in [2.05, 4.69) is 4.98 Å². The fourth-order valence-corrected chi connectivity index (χ4v) is 3.07. The molecule has 0 aliphatic rings. The molecule has 0 aliphatic heterocycles. The van der Waals surface area contributed by atoms with E-state index < -0.39 is 0 Å². The third-order valence-electron chi connectivity index (χ3n) is 3.30. The molecule has 2 heterocycles. The average Bonchev–Trinajstić information content (AvgIpc) is 2.94. The fraction of sp³-hybridized carbons (Fsp3) is 0.188. The van der Waals surface area contributed by atoms with Gasteiger partial charge in [-0.3, -0.25) is 9.20 Å². The first-order valence-electron chi connectivity index (χ1n) is 6.80. The first-order chi connectivity index (χ1) is 11.1. The Morgan fingerprint density at radius 1 is 1.35 bits per heavy atom. The molecule has 0 spiro atoms. The van der Waals surface area contributed by atoms with Crippen molar-refractivity contribution < 1.29 is 9.47 Å². The van der Waals surface area contributed by atoms with Crippen LogP contribution in [0.25, 0.3) is 4.96 Å². The van der Waals surface area contributed by atoms with Crippen molar-refractivity contribution >= 4 is 16.3 Å². The number of ether oxygens (including phenoxy) is 2. The second-order valence-electron chi connectivity index (χ2n) is 4.85. The van der Waals surface area contributed by atoms with E-state index in [1.165, 1.54) is 24.5 Å². The largest absolute Gasteiger partial charge is 0.493 e. The summed E-state index contributed by atoms with van der Waals surface area (Å²) in [6.07, 6.45) is 0. The average molecular weight is 327 g/mol. The lowest BCUT2D eigenvalue weighted by Crippen LogP contribution is -2.16. The van der Waals surface area contributed by atoms with Crippen molar-refractivity contribution in [2.24, 2.45) is 0 Å². The molecule has 1 aromatic carbocycles. The van der Waals surface area contributed by atoms with E-state index in [1.54, 1.807) is 22.6 Å². The molecular formula is C16H13N3O3S. The van der Waals surface area contributed by atoms with Crippen LogP contribution in [0.15, 0.2) is 34.4 Å². The maximum atomic E-state index is 12.1. The standard InChI is InChI=1S/C16H13N3O3S/c1-10-9-23-16-18-12(6-15(20)19(10)16)8-22-13-4-3-11(7-17)5-14(13)21-2/h3-6,9H,8H2,1-2H3. The topological polar surface area (TPSA) is 76.6 Å². The molecular weight excluding hydrogens is 314 g/mol. The number of nitriles is 1. The maximum Gasteiger partial charge on any atom is 0.259 e. The van der Waals surface area contributed by atoms with Gasteiger partial charge < -0.3 is 9.47 Å². The predicted molar refractivity (Wildman–Crippen MR) is 86.1 cm³/mol. The van der Waals surface area contributed by atoms with E-state index in [0.717, 1.165) is 5.69 Å². The van der Waals surface area contributed by atoms with Crippen LogP contribution < -0.4 is 15.0 Å². The first-order valence-corrected chi connectivity index (χ1v) is 7.68. The zero-order valence-corrected chi connectivity index (χ0v) is 13.4. The number of benzene rings is 1. The molecule has 0 bridgehead atoms. The summed E-state index contributed by atoms with van der Waals surface area (Å²) in [5.41, 5.74) is 1.77. The van der Waals surface area contributed by atoms with Crippen molar-refractivity contribution in [2.45, 2.75) is 13.5 Å². The van der Waals surface area contributed by atoms with Crippen molar-refractivity contribution in [1.29, 1.82) is 5.26 Å². The van der Waals surface area contributed by atoms with Gasteiger partial charge in [0.1, 0.15) is 6.61 Å². The van der Waals surface area contributed by atoms with Gasteiger partial charge in [-0.25, -0.2) is 4.98 Å². The summed E-state index contributed by atoms with van der Waals surface area (Å²) in [4.78, 5) is 17.2. The zero-order valence-electron chi connectivity index (χ0n) is 12.6. The van der Waals surface area contributed by atoms with Gasteiger partial charge in [-0.15, -0.1) is 11.3 Å². The molecule has 2 aromatic heterocycles. The summed E-state index contributed by atoms with van der Waals surface area (Å²) >= 11 is 1.41. The van der Waals surface area contributed by atoms with Gasteiger partial charge >= 0.3 is 0 Å². The Bertz CT molecular complexity index is 969. The first kappa shape index (κ1) is 15.1. The van der Waals surface area contributed by atoms with E-state index in [4.69, 9.17) is 14.7 Å². The minimum Gasteiger partial charge on any atom is -0.493 e. The molecule has 6 nitrogen and oxygen atoms in total. The number of aryl methyl sites for hydroxylation is 1. The van der Waals surface area contributed by atoms with E-state index in [9.17, 15) is 4.79 Å². The summed E-state index contributed by atoms with van der Waals surface area (Å²) in [6.45, 7) is 2.01. The van der Waals surface area contributed by atoms with Gasteiger partial charge in [0.2, 0.25) is 0 Å². The van der Waals surface area contributed by atoms with Gasteiger partial charge in [-0.1, -0.05) is 0 Å². The second-order valence-corrected chi connectivity index (χ2v) is 5.68. The van der Waals surface area contributed by atoms with Crippen molar-refractivity contribution in [1.82, 2.24) is 9.38 Å². The molecule has 0 unspecified atom stereocenters. The number of rotatable bonds is 4. The van der Waals surface area contributed by atoms with Gasteiger partial charge in [0.15, 0.2) is 16.5 Å². The normalized spacial score (nSPS) is 10.5. The third-order valence-corrected chi connectivity index (χ3v) is 4.24. The fourth-order valence-electron chi connectivity index (χ4n) is 2.18. The lowest BCUT2D eigenvalue weighted by atomic mass is 10.2. The molecule has 116 valence electrons. The van der Waals surface area contributed by atoms with Gasteiger partial charge in [0.05, 0.1) is 24.4 Å². The number of nitrogens with zero attached hydrogens (tertiary/aromatic N) is 3. The SMILES string of the molecule is COc1cc(C#N)ccc1OCc1cc(=O)n2c(C)csc2n1. The molecule has 0 amide bonds. The molecule has 0 saturated heterocycles. The summed E-state index contributed by atoms with van der Waals surface area (Å²) in [5.74, 6) is 0.963. The second kappa shape index (κ2) is 6.10. The van der Waals surface area contributed by atoms with Crippen molar-refractivity contribution in [2.75, 3.05) is 7.11 Å². The molecule has 3 aromatic rings. The van der Waals surface area contributed by atoms with Crippen LogP contribution in [0, 0.1) is 18.3 Å². The van der Waals surface area contributed by atoms with Gasteiger partial charge in [-0.2, -0.15) is 5.26 Å². The minimum absolute atomic E-state index is 0.126. The summed E-state index contributed by atoms with van der Waals surface area (Å²) in [7, 11) is 1.51. The Labute approximate surface area is 136 Å². The van der Waals surface area contributed by atoms with Crippen molar-refractivity contribution in [3.05, 3.63) is 57.0 Å². The zero-order chi connectivity index (χ0) is 16.4. The van der Waals surface area contributed by atoms with Crippen LogP contribution in [-0.2, 0) is 6.61 Å². The smallest absolute Gasteiger partial charge is 0.259 e. The van der Waals surface area contributed by atoms with Crippen LogP contribution >= 0.6 is 11.3 Å². The Morgan fingerprint density at radius 2 is 2.17 bits per heavy atom. The number of fused-ring (bicyclic) bond motifs is 1. The minimum atomic E-state index is -0.126. The van der Waals surface area contributed by atoms with E-state index in [0.29, 0.717) is 27.7 Å². The lowest BCUT2D eigenvalue weighted by Gasteiger charge is -2.10. The van der Waals surface area contributed by atoms with Crippen molar-refractivity contribution in [3.8, 4) is 17.6 Å². The molecule has 3 rings (SSSR count). The number of methoxy groups -OCH3 is 1. The molecule has 0 aliphatic carbocycles. The molecule has 0 atom stereocenters.